The normalized spacial score (nSPS) is 15.8. The highest BCUT2D eigenvalue weighted by Gasteiger charge is 2.24. The summed E-state index contributed by atoms with van der Waals surface area (Å²) in [5.74, 6) is 0.484. The van der Waals surface area contributed by atoms with Gasteiger partial charge in [-0.15, -0.1) is 0 Å². The van der Waals surface area contributed by atoms with Crippen molar-refractivity contribution >= 4 is 40.1 Å². The molecule has 9 nitrogen and oxygen atoms in total. The predicted molar refractivity (Wildman–Crippen MR) is 182 cm³/mol. The molecule has 1 aliphatic rings. The number of fused-ring (bicyclic) bond motifs is 1. The molecule has 1 aliphatic carbocycles. The van der Waals surface area contributed by atoms with Crippen LogP contribution in [0.25, 0.3) is 10.8 Å². The van der Waals surface area contributed by atoms with Crippen LogP contribution in [0.3, 0.4) is 0 Å². The molecule has 1 fully saturated rings. The molecule has 0 saturated heterocycles. The highest BCUT2D eigenvalue weighted by Crippen LogP contribution is 2.30. The SMILES string of the molecule is Cc1ccc(NC(=O)NC2CCC(Oc3ccc4cc(Oc5ccc(C(=O)Nc6ccccc6C(=O)O)cc5)ccc4c3)CC2)cc1. The Morgan fingerprint density at radius 2 is 1.34 bits per heavy atom. The van der Waals surface area contributed by atoms with Crippen LogP contribution < -0.4 is 25.4 Å². The van der Waals surface area contributed by atoms with Gasteiger partial charge in [-0.25, -0.2) is 9.59 Å². The van der Waals surface area contributed by atoms with Gasteiger partial charge in [0, 0.05) is 17.3 Å². The summed E-state index contributed by atoms with van der Waals surface area (Å²) in [6, 6.07) is 32.4. The molecule has 5 aromatic rings. The number of aryl methyl sites for hydroxylation is 1. The van der Waals surface area contributed by atoms with E-state index in [1.165, 1.54) is 6.07 Å². The van der Waals surface area contributed by atoms with E-state index >= 15 is 0 Å². The molecule has 3 amide bonds. The summed E-state index contributed by atoms with van der Waals surface area (Å²) in [4.78, 5) is 36.6. The monoisotopic (exact) mass is 629 g/mol. The van der Waals surface area contributed by atoms with Crippen LogP contribution in [0.1, 0.15) is 52.0 Å². The van der Waals surface area contributed by atoms with E-state index in [9.17, 15) is 19.5 Å². The Kier molecular flexibility index (Phi) is 9.33. The number of hydrogen-bond donors (Lipinski definition) is 4. The second-order valence-corrected chi connectivity index (χ2v) is 11.7. The van der Waals surface area contributed by atoms with Gasteiger partial charge in [-0.3, -0.25) is 4.79 Å². The minimum Gasteiger partial charge on any atom is -0.490 e. The van der Waals surface area contributed by atoms with E-state index in [1.54, 1.807) is 42.5 Å². The van der Waals surface area contributed by atoms with Gasteiger partial charge in [-0.05, 0) is 116 Å². The van der Waals surface area contributed by atoms with Gasteiger partial charge >= 0.3 is 12.0 Å². The molecule has 9 heteroatoms. The lowest BCUT2D eigenvalue weighted by molar-refractivity contribution is 0.0698. The first kappa shape index (κ1) is 31.2. The number of ether oxygens (including phenoxy) is 2. The van der Waals surface area contributed by atoms with Gasteiger partial charge in [0.05, 0.1) is 17.4 Å². The van der Waals surface area contributed by atoms with E-state index in [2.05, 4.69) is 16.0 Å². The zero-order chi connectivity index (χ0) is 32.8. The number of carboxylic acids is 1. The van der Waals surface area contributed by atoms with Crippen molar-refractivity contribution in [2.75, 3.05) is 10.6 Å². The van der Waals surface area contributed by atoms with Gasteiger partial charge in [0.15, 0.2) is 0 Å². The van der Waals surface area contributed by atoms with E-state index in [4.69, 9.17) is 9.47 Å². The zero-order valence-electron chi connectivity index (χ0n) is 25.9. The van der Waals surface area contributed by atoms with Crippen LogP contribution >= 0.6 is 0 Å². The number of amides is 3. The standard InChI is InChI=1S/C38H35N3O6/c1-24-6-12-28(13-7-24)39-38(45)40-29-14-20-31(21-15-29)47-33-19-11-26-22-32(18-10-27(26)23-33)46-30-16-8-25(9-17-30)36(42)41-35-5-3-2-4-34(35)37(43)44/h2-13,16-19,22-23,29,31H,14-15,20-21H2,1H3,(H,41,42)(H,43,44)(H2,39,40,45). The van der Waals surface area contributed by atoms with E-state index in [1.807, 2.05) is 67.6 Å². The fourth-order valence-electron chi connectivity index (χ4n) is 5.63. The van der Waals surface area contributed by atoms with Crippen LogP contribution in [0.15, 0.2) is 109 Å². The first-order chi connectivity index (χ1) is 22.8. The minimum absolute atomic E-state index is 0.0212. The highest BCUT2D eigenvalue weighted by atomic mass is 16.5. The van der Waals surface area contributed by atoms with Crippen molar-refractivity contribution in [2.45, 2.75) is 44.8 Å². The van der Waals surface area contributed by atoms with Crippen molar-refractivity contribution in [3.05, 3.63) is 126 Å². The smallest absolute Gasteiger partial charge is 0.337 e. The number of carbonyl (C=O) groups excluding carboxylic acids is 2. The third-order valence-electron chi connectivity index (χ3n) is 8.16. The average Bonchev–Trinajstić information content (AvgIpc) is 3.07. The molecule has 0 aliphatic heterocycles. The molecular formula is C38H35N3O6. The predicted octanol–water partition coefficient (Wildman–Crippen LogP) is 8.40. The summed E-state index contributed by atoms with van der Waals surface area (Å²) in [5.41, 5.74) is 2.55. The Morgan fingerprint density at radius 3 is 2.04 bits per heavy atom. The fraction of sp³-hybridized carbons (Fsp3) is 0.184. The summed E-state index contributed by atoms with van der Waals surface area (Å²) in [7, 11) is 0. The van der Waals surface area contributed by atoms with E-state index in [0.29, 0.717) is 17.1 Å². The van der Waals surface area contributed by atoms with Gasteiger partial charge in [0.1, 0.15) is 17.2 Å². The molecule has 6 rings (SSSR count). The molecule has 0 heterocycles. The molecule has 47 heavy (non-hydrogen) atoms. The Bertz CT molecular complexity index is 1900. The number of benzene rings is 5. The first-order valence-corrected chi connectivity index (χ1v) is 15.6. The topological polar surface area (TPSA) is 126 Å². The highest BCUT2D eigenvalue weighted by molar-refractivity contribution is 6.07. The Labute approximate surface area is 272 Å². The Hall–Kier alpha value is -5.83. The van der Waals surface area contributed by atoms with Crippen molar-refractivity contribution in [3.8, 4) is 17.2 Å². The van der Waals surface area contributed by atoms with Gasteiger partial charge in [-0.2, -0.15) is 0 Å². The number of anilines is 2. The lowest BCUT2D eigenvalue weighted by atomic mass is 9.93. The summed E-state index contributed by atoms with van der Waals surface area (Å²) >= 11 is 0. The number of carbonyl (C=O) groups is 3. The van der Waals surface area contributed by atoms with Crippen LogP contribution in [-0.4, -0.2) is 35.2 Å². The third-order valence-corrected chi connectivity index (χ3v) is 8.16. The molecule has 5 aromatic carbocycles. The van der Waals surface area contributed by atoms with Crippen LogP contribution in [0.4, 0.5) is 16.2 Å². The number of hydrogen-bond acceptors (Lipinski definition) is 5. The number of nitrogens with one attached hydrogen (secondary N) is 3. The second kappa shape index (κ2) is 14.1. The third kappa shape index (κ3) is 8.07. The molecule has 1 saturated carbocycles. The molecule has 0 aromatic heterocycles. The molecule has 0 atom stereocenters. The molecule has 0 radical (unpaired) electrons. The van der Waals surface area contributed by atoms with Crippen LogP contribution in [0.2, 0.25) is 0 Å². The second-order valence-electron chi connectivity index (χ2n) is 11.7. The van der Waals surface area contributed by atoms with Crippen molar-refractivity contribution in [2.24, 2.45) is 0 Å². The number of para-hydroxylation sites is 1. The van der Waals surface area contributed by atoms with E-state index in [-0.39, 0.29) is 29.4 Å². The number of aromatic carboxylic acids is 1. The van der Waals surface area contributed by atoms with Crippen LogP contribution in [0, 0.1) is 6.92 Å². The maximum absolute atomic E-state index is 12.7. The molecular weight excluding hydrogens is 594 g/mol. The van der Waals surface area contributed by atoms with Crippen LogP contribution in [0.5, 0.6) is 17.2 Å². The van der Waals surface area contributed by atoms with Gasteiger partial charge in [-0.1, -0.05) is 42.0 Å². The molecule has 0 bridgehead atoms. The molecule has 238 valence electrons. The lowest BCUT2D eigenvalue weighted by Gasteiger charge is -2.29. The van der Waals surface area contributed by atoms with Crippen molar-refractivity contribution < 1.29 is 29.0 Å². The fourth-order valence-corrected chi connectivity index (χ4v) is 5.63. The zero-order valence-corrected chi connectivity index (χ0v) is 25.9. The first-order valence-electron chi connectivity index (χ1n) is 15.6. The average molecular weight is 630 g/mol. The summed E-state index contributed by atoms with van der Waals surface area (Å²) in [6.45, 7) is 2.01. The van der Waals surface area contributed by atoms with Gasteiger partial charge < -0.3 is 30.5 Å². The van der Waals surface area contributed by atoms with Gasteiger partial charge in [0.2, 0.25) is 0 Å². The quantitative estimate of drug-likeness (QED) is 0.130. The van der Waals surface area contributed by atoms with E-state index < -0.39 is 11.9 Å². The minimum atomic E-state index is -1.11. The molecule has 4 N–H and O–H groups in total. The van der Waals surface area contributed by atoms with Crippen LogP contribution in [-0.2, 0) is 0 Å². The van der Waals surface area contributed by atoms with Gasteiger partial charge in [0.25, 0.3) is 5.91 Å². The summed E-state index contributed by atoms with van der Waals surface area (Å²) < 4.78 is 12.4. The number of urea groups is 1. The van der Waals surface area contributed by atoms with E-state index in [0.717, 1.165) is 53.5 Å². The summed E-state index contributed by atoms with van der Waals surface area (Å²) in [5, 5.41) is 20.0. The number of carboxylic acid groups (broad SMARTS) is 1. The maximum atomic E-state index is 12.7. The maximum Gasteiger partial charge on any atom is 0.337 e. The van der Waals surface area contributed by atoms with Crippen molar-refractivity contribution in [1.29, 1.82) is 0 Å². The Balaban J connectivity index is 0.994. The number of rotatable bonds is 9. The summed E-state index contributed by atoms with van der Waals surface area (Å²) in [6.07, 6.45) is 3.51. The van der Waals surface area contributed by atoms with Crippen molar-refractivity contribution in [1.82, 2.24) is 5.32 Å². The molecule has 0 unspecified atom stereocenters. The largest absolute Gasteiger partial charge is 0.490 e. The molecule has 0 spiro atoms. The van der Waals surface area contributed by atoms with Crippen molar-refractivity contribution in [3.63, 3.8) is 0 Å². The Morgan fingerprint density at radius 1 is 0.702 bits per heavy atom. The lowest BCUT2D eigenvalue weighted by Crippen LogP contribution is -2.41.